The first-order valence-electron chi connectivity index (χ1n) is 9.55. The summed E-state index contributed by atoms with van der Waals surface area (Å²) in [6, 6.07) is 23.4. The number of benzene rings is 3. The van der Waals surface area contributed by atoms with E-state index in [1.807, 2.05) is 79.7 Å². The van der Waals surface area contributed by atoms with Crippen molar-refractivity contribution in [3.63, 3.8) is 0 Å². The highest BCUT2D eigenvalue weighted by Gasteiger charge is 2.16. The monoisotopic (exact) mass is 383 g/mol. The lowest BCUT2D eigenvalue weighted by atomic mass is 10.0. The van der Waals surface area contributed by atoms with Crippen LogP contribution in [0.3, 0.4) is 0 Å². The zero-order valence-electron chi connectivity index (χ0n) is 16.1. The van der Waals surface area contributed by atoms with Gasteiger partial charge in [-0.2, -0.15) is 0 Å². The predicted molar refractivity (Wildman–Crippen MR) is 114 cm³/mol. The van der Waals surface area contributed by atoms with Gasteiger partial charge in [-0.25, -0.2) is 9.97 Å². The van der Waals surface area contributed by atoms with Gasteiger partial charge in [0.25, 0.3) is 5.91 Å². The summed E-state index contributed by atoms with van der Waals surface area (Å²) in [7, 11) is 0. The second-order valence-corrected chi connectivity index (χ2v) is 6.54. The molecule has 4 aromatic rings. The Balaban J connectivity index is 1.59. The fourth-order valence-electron chi connectivity index (χ4n) is 3.28. The number of nitrogens with one attached hydrogen (secondary N) is 1. The van der Waals surface area contributed by atoms with Crippen molar-refractivity contribution in [3.8, 4) is 17.0 Å². The number of hydrogen-bond acceptors (Lipinski definition) is 4. The van der Waals surface area contributed by atoms with Crippen LogP contribution in [0.1, 0.15) is 23.0 Å². The summed E-state index contributed by atoms with van der Waals surface area (Å²) in [5.74, 6) is 0.390. The number of hydrogen-bond donors (Lipinski definition) is 1. The number of ether oxygens (including phenoxy) is 1. The molecule has 0 aliphatic carbocycles. The van der Waals surface area contributed by atoms with Gasteiger partial charge in [-0.3, -0.25) is 4.79 Å². The molecule has 1 N–H and O–H groups in total. The molecule has 0 saturated heterocycles. The molecule has 5 heteroatoms. The Bertz CT molecular complexity index is 1140. The number of rotatable bonds is 6. The van der Waals surface area contributed by atoms with Crippen LogP contribution in [-0.2, 0) is 6.54 Å². The second-order valence-electron chi connectivity index (χ2n) is 6.54. The molecule has 0 bridgehead atoms. The Hall–Kier alpha value is -3.73. The van der Waals surface area contributed by atoms with E-state index >= 15 is 0 Å². The van der Waals surface area contributed by atoms with Crippen LogP contribution in [0.5, 0.6) is 5.75 Å². The highest BCUT2D eigenvalue weighted by atomic mass is 16.5. The molecule has 144 valence electrons. The lowest BCUT2D eigenvalue weighted by Gasteiger charge is -2.13. The van der Waals surface area contributed by atoms with E-state index in [1.165, 1.54) is 6.33 Å². The largest absolute Gasteiger partial charge is 0.493 e. The van der Waals surface area contributed by atoms with Crippen molar-refractivity contribution in [3.05, 3.63) is 90.4 Å². The number of fused-ring (bicyclic) bond motifs is 1. The van der Waals surface area contributed by atoms with E-state index in [1.54, 1.807) is 0 Å². The summed E-state index contributed by atoms with van der Waals surface area (Å²) in [5, 5.41) is 4.84. The molecule has 5 nitrogen and oxygen atoms in total. The third-order valence-corrected chi connectivity index (χ3v) is 4.64. The predicted octanol–water partition coefficient (Wildman–Crippen LogP) is 4.63. The number of amides is 1. The average molecular weight is 383 g/mol. The van der Waals surface area contributed by atoms with Crippen LogP contribution >= 0.6 is 0 Å². The number of aromatic nitrogens is 2. The molecular formula is C24H21N3O2. The van der Waals surface area contributed by atoms with E-state index in [4.69, 9.17) is 4.74 Å². The highest BCUT2D eigenvalue weighted by molar-refractivity contribution is 6.09. The Kier molecular flexibility index (Phi) is 5.47. The van der Waals surface area contributed by atoms with E-state index in [9.17, 15) is 4.79 Å². The van der Waals surface area contributed by atoms with Gasteiger partial charge in [0.1, 0.15) is 12.1 Å². The van der Waals surface area contributed by atoms with E-state index in [-0.39, 0.29) is 5.91 Å². The molecule has 0 unspecified atom stereocenters. The van der Waals surface area contributed by atoms with Gasteiger partial charge >= 0.3 is 0 Å². The Morgan fingerprint density at radius 2 is 1.76 bits per heavy atom. The van der Waals surface area contributed by atoms with E-state index in [0.29, 0.717) is 24.5 Å². The minimum absolute atomic E-state index is 0.190. The van der Waals surface area contributed by atoms with Crippen LogP contribution in [0.25, 0.3) is 22.0 Å². The average Bonchev–Trinajstić information content (AvgIpc) is 2.78. The molecule has 0 aliphatic rings. The molecule has 0 fully saturated rings. The van der Waals surface area contributed by atoms with Gasteiger partial charge in [-0.1, -0.05) is 60.7 Å². The van der Waals surface area contributed by atoms with Crippen molar-refractivity contribution in [1.29, 1.82) is 0 Å². The minimum Gasteiger partial charge on any atom is -0.493 e. The third kappa shape index (κ3) is 4.09. The van der Waals surface area contributed by atoms with Crippen molar-refractivity contribution in [1.82, 2.24) is 15.3 Å². The molecule has 1 aromatic heterocycles. The Morgan fingerprint density at radius 1 is 0.966 bits per heavy atom. The summed E-state index contributed by atoms with van der Waals surface area (Å²) in [6.07, 6.45) is 1.52. The Morgan fingerprint density at radius 3 is 2.59 bits per heavy atom. The lowest BCUT2D eigenvalue weighted by molar-refractivity contribution is 0.0948. The molecule has 3 aromatic carbocycles. The third-order valence-electron chi connectivity index (χ3n) is 4.64. The van der Waals surface area contributed by atoms with Crippen LogP contribution in [0.4, 0.5) is 0 Å². The summed E-state index contributed by atoms with van der Waals surface area (Å²) >= 11 is 0. The van der Waals surface area contributed by atoms with Gasteiger partial charge in [0.15, 0.2) is 0 Å². The number of nitrogens with zero attached hydrogens (tertiary/aromatic N) is 2. The van der Waals surface area contributed by atoms with Gasteiger partial charge in [-0.15, -0.1) is 0 Å². The Labute approximate surface area is 169 Å². The molecule has 29 heavy (non-hydrogen) atoms. The summed E-state index contributed by atoms with van der Waals surface area (Å²) < 4.78 is 5.71. The van der Waals surface area contributed by atoms with Crippen LogP contribution in [0.2, 0.25) is 0 Å². The molecule has 1 amide bonds. The molecular weight excluding hydrogens is 362 g/mol. The van der Waals surface area contributed by atoms with Gasteiger partial charge < -0.3 is 10.1 Å². The fourth-order valence-corrected chi connectivity index (χ4v) is 3.28. The fraction of sp³-hybridized carbons (Fsp3) is 0.125. The normalized spacial score (nSPS) is 10.7. The maximum absolute atomic E-state index is 13.0. The summed E-state index contributed by atoms with van der Waals surface area (Å²) in [4.78, 5) is 21.7. The minimum atomic E-state index is -0.190. The molecule has 0 atom stereocenters. The molecule has 4 rings (SSSR count). The van der Waals surface area contributed by atoms with Crippen LogP contribution < -0.4 is 10.1 Å². The van der Waals surface area contributed by atoms with Crippen LogP contribution in [0.15, 0.2) is 79.1 Å². The quantitative estimate of drug-likeness (QED) is 0.527. The lowest BCUT2D eigenvalue weighted by Crippen LogP contribution is -2.24. The van der Waals surface area contributed by atoms with Gasteiger partial charge in [-0.05, 0) is 29.8 Å². The van der Waals surface area contributed by atoms with Gasteiger partial charge in [0, 0.05) is 5.56 Å². The zero-order valence-corrected chi connectivity index (χ0v) is 16.1. The standard InChI is InChI=1S/C24H21N3O2/c1-2-29-22-13-12-17-8-6-7-11-20(17)23(22)24(28)25-15-19-14-21(27-16-26-19)18-9-4-3-5-10-18/h3-14,16H,2,15H2,1H3,(H,25,28). The summed E-state index contributed by atoms with van der Waals surface area (Å²) in [6.45, 7) is 2.70. The summed E-state index contributed by atoms with van der Waals surface area (Å²) in [5.41, 5.74) is 3.12. The van der Waals surface area contributed by atoms with Crippen LogP contribution in [-0.4, -0.2) is 22.5 Å². The maximum atomic E-state index is 13.0. The van der Waals surface area contributed by atoms with E-state index in [2.05, 4.69) is 15.3 Å². The topological polar surface area (TPSA) is 64.1 Å². The van der Waals surface area contributed by atoms with Crippen molar-refractivity contribution in [2.45, 2.75) is 13.5 Å². The van der Waals surface area contributed by atoms with Crippen LogP contribution in [0, 0.1) is 0 Å². The first-order valence-corrected chi connectivity index (χ1v) is 9.55. The molecule has 0 saturated carbocycles. The number of carbonyl (C=O) groups is 1. The molecule has 1 heterocycles. The van der Waals surface area contributed by atoms with E-state index < -0.39 is 0 Å². The zero-order chi connectivity index (χ0) is 20.1. The van der Waals surface area contributed by atoms with Crippen molar-refractivity contribution in [2.24, 2.45) is 0 Å². The van der Waals surface area contributed by atoms with Gasteiger partial charge in [0.2, 0.25) is 0 Å². The van der Waals surface area contributed by atoms with Crippen molar-refractivity contribution < 1.29 is 9.53 Å². The van der Waals surface area contributed by atoms with Gasteiger partial charge in [0.05, 0.1) is 30.1 Å². The van der Waals surface area contributed by atoms with Crippen molar-refractivity contribution >= 4 is 16.7 Å². The molecule has 0 aliphatic heterocycles. The first kappa shape index (κ1) is 18.6. The van der Waals surface area contributed by atoms with E-state index in [0.717, 1.165) is 27.7 Å². The maximum Gasteiger partial charge on any atom is 0.256 e. The molecule has 0 radical (unpaired) electrons. The SMILES string of the molecule is CCOc1ccc2ccccc2c1C(=O)NCc1cc(-c2ccccc2)ncn1. The molecule has 0 spiro atoms. The first-order chi connectivity index (χ1) is 14.3. The highest BCUT2D eigenvalue weighted by Crippen LogP contribution is 2.28. The second kappa shape index (κ2) is 8.52. The number of carbonyl (C=O) groups excluding carboxylic acids is 1. The smallest absolute Gasteiger partial charge is 0.256 e. The van der Waals surface area contributed by atoms with Crippen molar-refractivity contribution in [2.75, 3.05) is 6.61 Å².